The van der Waals surface area contributed by atoms with Crippen LogP contribution in [0, 0.1) is 0 Å². The first-order valence-corrected chi connectivity index (χ1v) is 8.60. The van der Waals surface area contributed by atoms with E-state index in [4.69, 9.17) is 0 Å². The molecule has 4 nitrogen and oxygen atoms in total. The maximum absolute atomic E-state index is 12.6. The molecule has 0 aromatic carbocycles. The molecule has 19 heavy (non-hydrogen) atoms. The van der Waals surface area contributed by atoms with E-state index in [0.717, 1.165) is 25.9 Å². The molecule has 0 N–H and O–H groups in total. The molecule has 0 saturated carbocycles. The van der Waals surface area contributed by atoms with Crippen LogP contribution in [0.3, 0.4) is 0 Å². The molecule has 0 bridgehead atoms. The first kappa shape index (κ1) is 14.8. The third-order valence-electron chi connectivity index (χ3n) is 3.25. The highest BCUT2D eigenvalue weighted by molar-refractivity contribution is 9.10. The van der Waals surface area contributed by atoms with Crippen LogP contribution in [-0.4, -0.2) is 40.1 Å². The van der Waals surface area contributed by atoms with Crippen LogP contribution < -0.4 is 0 Å². The lowest BCUT2D eigenvalue weighted by Gasteiger charge is -2.24. The molecule has 6 heteroatoms. The number of carbonyl (C=O) groups is 1. The Morgan fingerprint density at radius 1 is 1.26 bits per heavy atom. The summed E-state index contributed by atoms with van der Waals surface area (Å²) in [6, 6.07) is 0. The van der Waals surface area contributed by atoms with Gasteiger partial charge in [-0.3, -0.25) is 4.79 Å². The highest BCUT2D eigenvalue weighted by Crippen LogP contribution is 2.20. The van der Waals surface area contributed by atoms with Crippen LogP contribution in [0.4, 0.5) is 0 Å². The zero-order chi connectivity index (χ0) is 13.7. The predicted octanol–water partition coefficient (Wildman–Crippen LogP) is 3.37. The smallest absolute Gasteiger partial charge is 0.273 e. The minimum atomic E-state index is 0.0199. The number of thioether (sulfide) groups is 1. The second kappa shape index (κ2) is 7.24. The Kier molecular flexibility index (Phi) is 5.63. The van der Waals surface area contributed by atoms with Crippen molar-refractivity contribution in [1.29, 1.82) is 0 Å². The number of carbonyl (C=O) groups excluding carboxylic acids is 1. The van der Waals surface area contributed by atoms with E-state index >= 15 is 0 Å². The number of rotatable bonds is 2. The van der Waals surface area contributed by atoms with Gasteiger partial charge in [-0.1, -0.05) is 31.0 Å². The van der Waals surface area contributed by atoms with Gasteiger partial charge in [-0.25, -0.2) is 9.97 Å². The fourth-order valence-electron chi connectivity index (χ4n) is 2.20. The fourth-order valence-corrected chi connectivity index (χ4v) is 2.90. The van der Waals surface area contributed by atoms with Crippen LogP contribution in [0.15, 0.2) is 15.8 Å². The zero-order valence-electron chi connectivity index (χ0n) is 11.1. The molecule has 2 rings (SSSR count). The summed E-state index contributed by atoms with van der Waals surface area (Å²) >= 11 is 4.83. The second-order valence-corrected chi connectivity index (χ2v) is 6.24. The van der Waals surface area contributed by atoms with Gasteiger partial charge in [0, 0.05) is 19.3 Å². The summed E-state index contributed by atoms with van der Waals surface area (Å²) in [5, 5.41) is 0.638. The Balaban J connectivity index is 2.17. The molecule has 0 radical (unpaired) electrons. The van der Waals surface area contributed by atoms with Crippen LogP contribution >= 0.6 is 27.7 Å². The van der Waals surface area contributed by atoms with E-state index in [1.54, 1.807) is 6.20 Å². The Bertz CT molecular complexity index is 448. The van der Waals surface area contributed by atoms with Crippen molar-refractivity contribution in [3.8, 4) is 0 Å². The summed E-state index contributed by atoms with van der Waals surface area (Å²) < 4.78 is 0.678. The highest BCUT2D eigenvalue weighted by atomic mass is 79.9. The van der Waals surface area contributed by atoms with Crippen molar-refractivity contribution in [2.45, 2.75) is 37.3 Å². The molecule has 1 aliphatic rings. The van der Waals surface area contributed by atoms with Crippen molar-refractivity contribution in [1.82, 2.24) is 14.9 Å². The van der Waals surface area contributed by atoms with Crippen molar-refractivity contribution in [2.24, 2.45) is 0 Å². The van der Waals surface area contributed by atoms with Crippen molar-refractivity contribution in [3.05, 3.63) is 16.4 Å². The van der Waals surface area contributed by atoms with Gasteiger partial charge in [0.25, 0.3) is 5.91 Å². The number of halogens is 1. The number of hydrogen-bond acceptors (Lipinski definition) is 4. The largest absolute Gasteiger partial charge is 0.337 e. The Labute approximate surface area is 126 Å². The van der Waals surface area contributed by atoms with Crippen LogP contribution in [0.25, 0.3) is 0 Å². The molecule has 0 atom stereocenters. The van der Waals surface area contributed by atoms with Gasteiger partial charge >= 0.3 is 0 Å². The quantitative estimate of drug-likeness (QED) is 0.610. The van der Waals surface area contributed by atoms with Crippen LogP contribution in [-0.2, 0) is 0 Å². The summed E-state index contributed by atoms with van der Waals surface area (Å²) in [5.41, 5.74) is 0.486. The molecule has 0 spiro atoms. The van der Waals surface area contributed by atoms with Gasteiger partial charge < -0.3 is 4.90 Å². The summed E-state index contributed by atoms with van der Waals surface area (Å²) in [4.78, 5) is 23.0. The van der Waals surface area contributed by atoms with Crippen LogP contribution in [0.5, 0.6) is 0 Å². The first-order chi connectivity index (χ1) is 9.22. The van der Waals surface area contributed by atoms with Gasteiger partial charge in [0.2, 0.25) is 0 Å². The van der Waals surface area contributed by atoms with Crippen molar-refractivity contribution < 1.29 is 4.79 Å². The summed E-state index contributed by atoms with van der Waals surface area (Å²) in [6.07, 6.45) is 9.46. The van der Waals surface area contributed by atoms with Gasteiger partial charge in [0.1, 0.15) is 5.69 Å². The van der Waals surface area contributed by atoms with Crippen LogP contribution in [0.2, 0.25) is 0 Å². The van der Waals surface area contributed by atoms with Crippen molar-refractivity contribution >= 4 is 33.6 Å². The molecular formula is C13H18BrN3OS. The molecule has 1 saturated heterocycles. The van der Waals surface area contributed by atoms with Gasteiger partial charge in [-0.2, -0.15) is 0 Å². The van der Waals surface area contributed by atoms with Gasteiger partial charge in [0.05, 0.1) is 4.47 Å². The minimum Gasteiger partial charge on any atom is -0.337 e. The lowest BCUT2D eigenvalue weighted by Crippen LogP contribution is -2.34. The monoisotopic (exact) mass is 343 g/mol. The Morgan fingerprint density at radius 3 is 2.53 bits per heavy atom. The Hall–Kier alpha value is -0.620. The van der Waals surface area contributed by atoms with E-state index in [-0.39, 0.29) is 5.91 Å². The molecule has 1 aromatic heterocycles. The average Bonchev–Trinajstić information content (AvgIpc) is 2.38. The van der Waals surface area contributed by atoms with E-state index < -0.39 is 0 Å². The summed E-state index contributed by atoms with van der Waals surface area (Å²) in [5.74, 6) is 0.0199. The average molecular weight is 344 g/mol. The molecule has 1 fully saturated rings. The van der Waals surface area contributed by atoms with E-state index in [0.29, 0.717) is 15.3 Å². The van der Waals surface area contributed by atoms with Crippen molar-refractivity contribution in [3.63, 3.8) is 0 Å². The third-order valence-corrected chi connectivity index (χ3v) is 4.39. The number of amides is 1. The maximum Gasteiger partial charge on any atom is 0.273 e. The summed E-state index contributed by atoms with van der Waals surface area (Å²) in [7, 11) is 0. The SMILES string of the molecule is CSc1ncc(Br)c(C(=O)N2CCCCCCC2)n1. The van der Waals surface area contributed by atoms with Crippen LogP contribution in [0.1, 0.15) is 42.6 Å². The zero-order valence-corrected chi connectivity index (χ0v) is 13.5. The number of nitrogens with zero attached hydrogens (tertiary/aromatic N) is 3. The number of hydrogen-bond donors (Lipinski definition) is 0. The molecule has 2 heterocycles. The lowest BCUT2D eigenvalue weighted by atomic mass is 10.1. The van der Waals surface area contributed by atoms with E-state index in [1.807, 2.05) is 11.2 Å². The van der Waals surface area contributed by atoms with E-state index in [1.165, 1.54) is 31.0 Å². The molecule has 0 aliphatic carbocycles. The summed E-state index contributed by atoms with van der Waals surface area (Å²) in [6.45, 7) is 1.67. The first-order valence-electron chi connectivity index (χ1n) is 6.58. The molecule has 1 amide bonds. The molecule has 104 valence electrons. The second-order valence-electron chi connectivity index (χ2n) is 4.61. The highest BCUT2D eigenvalue weighted by Gasteiger charge is 2.21. The number of aromatic nitrogens is 2. The van der Waals surface area contributed by atoms with Gasteiger partial charge in [0.15, 0.2) is 5.16 Å². The minimum absolute atomic E-state index is 0.0199. The standard InChI is InChI=1S/C13H18BrN3OS/c1-19-13-15-9-10(14)11(16-13)12(18)17-7-5-3-2-4-6-8-17/h9H,2-8H2,1H3. The van der Waals surface area contributed by atoms with Gasteiger partial charge in [-0.05, 0) is 35.0 Å². The lowest BCUT2D eigenvalue weighted by molar-refractivity contribution is 0.0734. The normalized spacial score (nSPS) is 16.8. The van der Waals surface area contributed by atoms with E-state index in [9.17, 15) is 4.79 Å². The Morgan fingerprint density at radius 2 is 1.89 bits per heavy atom. The molecule has 1 aliphatic heterocycles. The fraction of sp³-hybridized carbons (Fsp3) is 0.615. The predicted molar refractivity (Wildman–Crippen MR) is 80.5 cm³/mol. The maximum atomic E-state index is 12.6. The molecular weight excluding hydrogens is 326 g/mol. The topological polar surface area (TPSA) is 46.1 Å². The molecule has 0 unspecified atom stereocenters. The number of likely N-dealkylation sites (tertiary alicyclic amines) is 1. The van der Waals surface area contributed by atoms with E-state index in [2.05, 4.69) is 25.9 Å². The van der Waals surface area contributed by atoms with Gasteiger partial charge in [-0.15, -0.1) is 0 Å². The van der Waals surface area contributed by atoms with Crippen molar-refractivity contribution in [2.75, 3.05) is 19.3 Å². The third kappa shape index (κ3) is 3.92. The molecule has 1 aromatic rings.